The van der Waals surface area contributed by atoms with Gasteiger partial charge in [-0.2, -0.15) is 0 Å². The van der Waals surface area contributed by atoms with E-state index in [0.717, 1.165) is 11.1 Å². The van der Waals surface area contributed by atoms with Crippen LogP contribution < -0.4 is 10.5 Å². The maximum Gasteiger partial charge on any atom is 0.336 e. The number of hydrogen-bond donors (Lipinski definition) is 2. The summed E-state index contributed by atoms with van der Waals surface area (Å²) in [4.78, 5) is 20.4. The molecule has 164 valence electrons. The molecule has 5 rings (SSSR count). The summed E-state index contributed by atoms with van der Waals surface area (Å²) < 4.78 is 12.7. The van der Waals surface area contributed by atoms with Crippen molar-refractivity contribution in [2.24, 2.45) is 0 Å². The van der Waals surface area contributed by atoms with E-state index in [1.807, 2.05) is 34.9 Å². The third-order valence-electron chi connectivity index (χ3n) is 5.25. The number of fused-ring (bicyclic) bond motifs is 1. The van der Waals surface area contributed by atoms with Crippen LogP contribution >= 0.6 is 0 Å². The topological polar surface area (TPSA) is 142 Å². The molecule has 3 aromatic heterocycles. The molecule has 3 heterocycles. The zero-order valence-corrected chi connectivity index (χ0v) is 17.5. The first-order valence-electron chi connectivity index (χ1n) is 10.0. The zero-order chi connectivity index (χ0) is 22.9. The van der Waals surface area contributed by atoms with Crippen LogP contribution in [0.15, 0.2) is 65.4 Å². The number of aromatic nitrogens is 5. The van der Waals surface area contributed by atoms with Crippen molar-refractivity contribution in [1.29, 1.82) is 0 Å². The van der Waals surface area contributed by atoms with E-state index in [-0.39, 0.29) is 11.4 Å². The van der Waals surface area contributed by atoms with Gasteiger partial charge in [-0.05, 0) is 34.9 Å². The highest BCUT2D eigenvalue weighted by molar-refractivity contribution is 5.90. The quantitative estimate of drug-likeness (QED) is 0.400. The molecule has 10 nitrogen and oxygen atoms in total. The number of benzene rings is 2. The fourth-order valence-electron chi connectivity index (χ4n) is 3.59. The van der Waals surface area contributed by atoms with Crippen LogP contribution in [-0.4, -0.2) is 35.9 Å². The second-order valence-corrected chi connectivity index (χ2v) is 7.35. The van der Waals surface area contributed by atoms with Gasteiger partial charge in [0.25, 0.3) is 0 Å². The fraction of sp³-hybridized carbons (Fsp3) is 0.0870. The Morgan fingerprint density at radius 1 is 1.15 bits per heavy atom. The Labute approximate surface area is 187 Å². The lowest BCUT2D eigenvalue weighted by molar-refractivity contribution is 0.0695. The highest BCUT2D eigenvalue weighted by Gasteiger charge is 2.21. The van der Waals surface area contributed by atoms with Gasteiger partial charge in [0, 0.05) is 18.2 Å². The Bertz CT molecular complexity index is 1480. The van der Waals surface area contributed by atoms with E-state index in [1.165, 1.54) is 6.07 Å². The number of aromatic carboxylic acids is 1. The zero-order valence-electron chi connectivity index (χ0n) is 17.5. The van der Waals surface area contributed by atoms with Crippen molar-refractivity contribution in [3.05, 3.63) is 77.5 Å². The summed E-state index contributed by atoms with van der Waals surface area (Å²) in [5.41, 5.74) is 9.31. The van der Waals surface area contributed by atoms with Crippen molar-refractivity contribution >= 4 is 22.8 Å². The van der Waals surface area contributed by atoms with Gasteiger partial charge in [-0.25, -0.2) is 19.4 Å². The number of anilines is 1. The van der Waals surface area contributed by atoms with Crippen LogP contribution in [0.2, 0.25) is 0 Å². The minimum Gasteiger partial charge on any atom is -0.478 e. The van der Waals surface area contributed by atoms with E-state index in [4.69, 9.17) is 15.1 Å². The van der Waals surface area contributed by atoms with Gasteiger partial charge >= 0.3 is 5.97 Å². The average molecular weight is 442 g/mol. The maximum atomic E-state index is 11.5. The number of rotatable bonds is 6. The summed E-state index contributed by atoms with van der Waals surface area (Å²) in [6, 6.07) is 16.4. The van der Waals surface area contributed by atoms with Gasteiger partial charge in [0.1, 0.15) is 11.3 Å². The number of nitrogen functional groups attached to an aromatic ring is 1. The van der Waals surface area contributed by atoms with Gasteiger partial charge in [0.2, 0.25) is 5.88 Å². The maximum absolute atomic E-state index is 11.5. The Morgan fingerprint density at radius 2 is 1.97 bits per heavy atom. The van der Waals surface area contributed by atoms with Crippen LogP contribution in [0.25, 0.3) is 22.6 Å². The molecule has 0 aliphatic rings. The molecule has 0 fully saturated rings. The molecule has 3 N–H and O–H groups in total. The molecule has 0 saturated carbocycles. The molecule has 0 spiro atoms. The highest BCUT2D eigenvalue weighted by atomic mass is 16.6. The lowest BCUT2D eigenvalue weighted by Crippen LogP contribution is -2.04. The predicted octanol–water partition coefficient (Wildman–Crippen LogP) is 3.91. The average Bonchev–Trinajstić information content (AvgIpc) is 3.39. The first kappa shape index (κ1) is 20.2. The van der Waals surface area contributed by atoms with E-state index in [1.54, 1.807) is 31.3 Å². The number of carboxylic acids is 1. The van der Waals surface area contributed by atoms with Crippen LogP contribution in [0.4, 0.5) is 5.82 Å². The fourth-order valence-corrected chi connectivity index (χ4v) is 3.59. The summed E-state index contributed by atoms with van der Waals surface area (Å²) in [5, 5.41) is 17.0. The molecule has 2 aromatic carbocycles. The summed E-state index contributed by atoms with van der Waals surface area (Å²) in [6.07, 6.45) is 1.58. The largest absolute Gasteiger partial charge is 0.478 e. The van der Waals surface area contributed by atoms with Crippen molar-refractivity contribution in [3.8, 4) is 23.1 Å². The van der Waals surface area contributed by atoms with Crippen LogP contribution in [0.3, 0.4) is 0 Å². The standard InChI is InChI=1S/C23H18N6O4/c1-13-15(23(30)31)8-5-9-18(13)32-19-10-17-16(11-25-19)26-22(20-21(24)28-33-27-20)29(17)12-14-6-3-2-4-7-14/h2-11H,12H2,1H3,(H2,24,28)(H,30,31). The molecule has 5 aromatic rings. The van der Waals surface area contributed by atoms with E-state index in [2.05, 4.69) is 20.3 Å². The van der Waals surface area contributed by atoms with Crippen LogP contribution in [0, 0.1) is 6.92 Å². The Balaban J connectivity index is 1.61. The van der Waals surface area contributed by atoms with Crippen molar-refractivity contribution in [2.45, 2.75) is 13.5 Å². The second kappa shape index (κ2) is 8.08. The SMILES string of the molecule is Cc1c(Oc2cc3c(cn2)nc(-c2nonc2N)n3Cc2ccccc2)cccc1C(=O)O. The molecule has 33 heavy (non-hydrogen) atoms. The molecule has 0 aliphatic heterocycles. The number of nitrogens with two attached hydrogens (primary N) is 1. The van der Waals surface area contributed by atoms with Crippen molar-refractivity contribution in [1.82, 2.24) is 24.8 Å². The number of ether oxygens (including phenoxy) is 1. The Morgan fingerprint density at radius 3 is 2.70 bits per heavy atom. The van der Waals surface area contributed by atoms with Crippen LogP contribution in [-0.2, 0) is 6.54 Å². The minimum atomic E-state index is -1.02. The summed E-state index contributed by atoms with van der Waals surface area (Å²) in [5.74, 6) is 0.285. The Hall–Kier alpha value is -4.73. The van der Waals surface area contributed by atoms with E-state index < -0.39 is 5.97 Å². The normalized spacial score (nSPS) is 11.1. The van der Waals surface area contributed by atoms with E-state index >= 15 is 0 Å². The molecular weight excluding hydrogens is 424 g/mol. The van der Waals surface area contributed by atoms with Gasteiger partial charge in [-0.3, -0.25) is 0 Å². The first-order chi connectivity index (χ1) is 16.0. The molecular formula is C23H18N6O4. The highest BCUT2D eigenvalue weighted by Crippen LogP contribution is 2.31. The molecule has 0 bridgehead atoms. The molecule has 0 amide bonds. The Kier molecular flexibility index (Phi) is 4.94. The third kappa shape index (κ3) is 3.74. The number of pyridine rings is 1. The lowest BCUT2D eigenvalue weighted by Gasteiger charge is -2.11. The lowest BCUT2D eigenvalue weighted by atomic mass is 10.1. The smallest absolute Gasteiger partial charge is 0.336 e. The van der Waals surface area contributed by atoms with Crippen LogP contribution in [0.1, 0.15) is 21.5 Å². The molecule has 0 saturated heterocycles. The number of hydrogen-bond acceptors (Lipinski definition) is 8. The second-order valence-electron chi connectivity index (χ2n) is 7.35. The number of carboxylic acid groups (broad SMARTS) is 1. The molecule has 10 heteroatoms. The van der Waals surface area contributed by atoms with Gasteiger partial charge in [-0.15, -0.1) is 0 Å². The van der Waals surface area contributed by atoms with Gasteiger partial charge in [0.15, 0.2) is 17.3 Å². The van der Waals surface area contributed by atoms with Gasteiger partial charge in [-0.1, -0.05) is 36.4 Å². The van der Waals surface area contributed by atoms with Crippen molar-refractivity contribution < 1.29 is 19.3 Å². The van der Waals surface area contributed by atoms with Crippen molar-refractivity contribution in [2.75, 3.05) is 5.73 Å². The monoisotopic (exact) mass is 442 g/mol. The number of imidazole rings is 1. The van der Waals surface area contributed by atoms with Gasteiger partial charge < -0.3 is 20.1 Å². The van der Waals surface area contributed by atoms with E-state index in [0.29, 0.717) is 40.8 Å². The van der Waals surface area contributed by atoms with Crippen molar-refractivity contribution in [3.63, 3.8) is 0 Å². The van der Waals surface area contributed by atoms with Crippen LogP contribution in [0.5, 0.6) is 11.6 Å². The molecule has 0 unspecified atom stereocenters. The third-order valence-corrected chi connectivity index (χ3v) is 5.25. The minimum absolute atomic E-state index is 0.130. The number of nitrogens with zero attached hydrogens (tertiary/aromatic N) is 5. The summed E-state index contributed by atoms with van der Waals surface area (Å²) in [7, 11) is 0. The van der Waals surface area contributed by atoms with Gasteiger partial charge in [0.05, 0.1) is 17.3 Å². The van der Waals surface area contributed by atoms with E-state index in [9.17, 15) is 9.90 Å². The summed E-state index contributed by atoms with van der Waals surface area (Å²) in [6.45, 7) is 2.17. The molecule has 0 atom stereocenters. The predicted molar refractivity (Wildman–Crippen MR) is 119 cm³/mol. The molecule has 0 radical (unpaired) electrons. The number of carbonyl (C=O) groups is 1. The summed E-state index contributed by atoms with van der Waals surface area (Å²) >= 11 is 0. The molecule has 0 aliphatic carbocycles. The first-order valence-corrected chi connectivity index (χ1v) is 10.0.